The molecule has 0 radical (unpaired) electrons. The maximum atomic E-state index is 11.5. The summed E-state index contributed by atoms with van der Waals surface area (Å²) < 4.78 is 0. The molecule has 1 aliphatic rings. The molecule has 0 saturated carbocycles. The molecule has 0 saturated heterocycles. The van der Waals surface area contributed by atoms with Gasteiger partial charge in [0.05, 0.1) is 5.69 Å². The molecular formula is C10H12N2O. The molecule has 3 heteroatoms. The Labute approximate surface area is 76.5 Å². The molecular weight excluding hydrogens is 164 g/mol. The van der Waals surface area contributed by atoms with E-state index in [-0.39, 0.29) is 5.56 Å². The highest BCUT2D eigenvalue weighted by molar-refractivity contribution is 5.25. The first kappa shape index (κ1) is 8.23. The third kappa shape index (κ3) is 1.30. The van der Waals surface area contributed by atoms with Crippen LogP contribution in [0.4, 0.5) is 0 Å². The number of fused-ring (bicyclic) bond motifs is 1. The van der Waals surface area contributed by atoms with Gasteiger partial charge in [0.15, 0.2) is 0 Å². The zero-order valence-corrected chi connectivity index (χ0v) is 7.63. The van der Waals surface area contributed by atoms with Crippen molar-refractivity contribution in [3.05, 3.63) is 40.1 Å². The van der Waals surface area contributed by atoms with Crippen LogP contribution in [0.2, 0.25) is 0 Å². The summed E-state index contributed by atoms with van der Waals surface area (Å²) in [6, 6.07) is 0. The highest BCUT2D eigenvalue weighted by Crippen LogP contribution is 2.22. The van der Waals surface area contributed by atoms with E-state index >= 15 is 0 Å². The monoisotopic (exact) mass is 176 g/mol. The number of H-pyrrole nitrogens is 1. The van der Waals surface area contributed by atoms with Gasteiger partial charge in [0.2, 0.25) is 0 Å². The van der Waals surface area contributed by atoms with Crippen molar-refractivity contribution in [1.29, 1.82) is 0 Å². The number of rotatable bonds is 1. The van der Waals surface area contributed by atoms with Crippen molar-refractivity contribution in [3.8, 4) is 0 Å². The van der Waals surface area contributed by atoms with Gasteiger partial charge in [0.25, 0.3) is 5.56 Å². The van der Waals surface area contributed by atoms with Gasteiger partial charge in [0.1, 0.15) is 5.82 Å². The van der Waals surface area contributed by atoms with Crippen molar-refractivity contribution in [1.82, 2.24) is 9.97 Å². The number of aromatic nitrogens is 2. The van der Waals surface area contributed by atoms with Crippen molar-refractivity contribution in [2.45, 2.75) is 19.8 Å². The Morgan fingerprint density at radius 2 is 2.38 bits per heavy atom. The summed E-state index contributed by atoms with van der Waals surface area (Å²) >= 11 is 0. The molecule has 1 aromatic heterocycles. The molecule has 13 heavy (non-hydrogen) atoms. The lowest BCUT2D eigenvalue weighted by atomic mass is 10.1. The molecule has 1 atom stereocenters. The van der Waals surface area contributed by atoms with Crippen LogP contribution in [0.3, 0.4) is 0 Å². The zero-order valence-electron chi connectivity index (χ0n) is 7.63. The summed E-state index contributed by atoms with van der Waals surface area (Å²) in [5.74, 6) is 1.10. The summed E-state index contributed by atoms with van der Waals surface area (Å²) in [6.45, 7) is 5.55. The molecule has 0 aromatic carbocycles. The average Bonchev–Trinajstić information content (AvgIpc) is 2.47. The first-order valence-electron chi connectivity index (χ1n) is 4.42. The quantitative estimate of drug-likeness (QED) is 0.648. The third-order valence-electron chi connectivity index (χ3n) is 2.47. The van der Waals surface area contributed by atoms with E-state index in [1.807, 2.05) is 13.0 Å². The molecule has 1 N–H and O–H groups in total. The Morgan fingerprint density at radius 1 is 1.62 bits per heavy atom. The van der Waals surface area contributed by atoms with E-state index in [1.54, 1.807) is 0 Å². The molecule has 0 aliphatic heterocycles. The number of allylic oxidation sites excluding steroid dienone is 1. The van der Waals surface area contributed by atoms with E-state index in [9.17, 15) is 4.79 Å². The molecule has 2 rings (SSSR count). The van der Waals surface area contributed by atoms with Crippen LogP contribution in [0.1, 0.15) is 17.1 Å². The number of nitrogens with zero attached hydrogens (tertiary/aromatic N) is 1. The van der Waals surface area contributed by atoms with E-state index in [2.05, 4.69) is 16.5 Å². The molecule has 1 heterocycles. The molecule has 0 spiro atoms. The zero-order chi connectivity index (χ0) is 9.42. The highest BCUT2D eigenvalue weighted by Gasteiger charge is 2.23. The predicted octanol–water partition coefficient (Wildman–Crippen LogP) is 0.979. The largest absolute Gasteiger partial charge is 0.311 e. The molecule has 0 fully saturated rings. The number of nitrogens with one attached hydrogen (secondary N) is 1. The van der Waals surface area contributed by atoms with Gasteiger partial charge < -0.3 is 4.98 Å². The summed E-state index contributed by atoms with van der Waals surface area (Å²) in [7, 11) is 0. The number of aromatic amines is 1. The number of hydrogen-bond donors (Lipinski definition) is 1. The second kappa shape index (κ2) is 2.83. The third-order valence-corrected chi connectivity index (χ3v) is 2.47. The van der Waals surface area contributed by atoms with Crippen LogP contribution in [0.15, 0.2) is 17.4 Å². The fraction of sp³-hybridized carbons (Fsp3) is 0.400. The Hall–Kier alpha value is -1.38. The Morgan fingerprint density at radius 3 is 3.08 bits per heavy atom. The standard InChI is InChI=1S/C10H12N2O/c1-3-7-4-8-9(5-7)11-6(2)12-10(8)13/h3,7H,1,4-5H2,2H3,(H,11,12,13). The van der Waals surface area contributed by atoms with E-state index in [4.69, 9.17) is 0 Å². The Bertz CT molecular complexity index is 406. The lowest BCUT2D eigenvalue weighted by Gasteiger charge is -1.97. The topological polar surface area (TPSA) is 45.8 Å². The van der Waals surface area contributed by atoms with Crippen molar-refractivity contribution in [3.63, 3.8) is 0 Å². The maximum absolute atomic E-state index is 11.5. The van der Waals surface area contributed by atoms with E-state index in [1.165, 1.54) is 0 Å². The molecule has 68 valence electrons. The summed E-state index contributed by atoms with van der Waals surface area (Å²) in [4.78, 5) is 18.5. The fourth-order valence-electron chi connectivity index (χ4n) is 1.80. The van der Waals surface area contributed by atoms with Crippen molar-refractivity contribution < 1.29 is 0 Å². The van der Waals surface area contributed by atoms with Crippen molar-refractivity contribution in [2.75, 3.05) is 0 Å². The summed E-state index contributed by atoms with van der Waals surface area (Å²) in [6.07, 6.45) is 3.56. The summed E-state index contributed by atoms with van der Waals surface area (Å²) in [5.41, 5.74) is 1.81. The lowest BCUT2D eigenvalue weighted by Crippen LogP contribution is -2.15. The number of aryl methyl sites for hydroxylation is 1. The van der Waals surface area contributed by atoms with Crippen LogP contribution in [0.25, 0.3) is 0 Å². The SMILES string of the molecule is C=CC1Cc2nc(C)[nH]c(=O)c2C1. The molecule has 0 amide bonds. The van der Waals surface area contributed by atoms with Crippen LogP contribution < -0.4 is 5.56 Å². The van der Waals surface area contributed by atoms with E-state index in [0.29, 0.717) is 11.7 Å². The highest BCUT2D eigenvalue weighted by atomic mass is 16.1. The molecule has 1 unspecified atom stereocenters. The average molecular weight is 176 g/mol. The second-order valence-electron chi connectivity index (χ2n) is 3.48. The minimum absolute atomic E-state index is 0.0202. The lowest BCUT2D eigenvalue weighted by molar-refractivity contribution is 0.699. The Kier molecular flexibility index (Phi) is 1.79. The van der Waals surface area contributed by atoms with Crippen LogP contribution in [-0.2, 0) is 12.8 Å². The van der Waals surface area contributed by atoms with Crippen LogP contribution in [0, 0.1) is 12.8 Å². The predicted molar refractivity (Wildman–Crippen MR) is 50.7 cm³/mol. The number of hydrogen-bond acceptors (Lipinski definition) is 2. The normalized spacial score (nSPS) is 19.9. The molecule has 0 bridgehead atoms. The van der Waals surface area contributed by atoms with Gasteiger partial charge >= 0.3 is 0 Å². The van der Waals surface area contributed by atoms with Gasteiger partial charge in [0, 0.05) is 5.56 Å². The van der Waals surface area contributed by atoms with Gasteiger partial charge in [-0.15, -0.1) is 6.58 Å². The van der Waals surface area contributed by atoms with Gasteiger partial charge in [-0.2, -0.15) is 0 Å². The van der Waals surface area contributed by atoms with Crippen molar-refractivity contribution in [2.24, 2.45) is 5.92 Å². The van der Waals surface area contributed by atoms with Gasteiger partial charge in [-0.1, -0.05) is 6.08 Å². The smallest absolute Gasteiger partial charge is 0.254 e. The van der Waals surface area contributed by atoms with Gasteiger partial charge in [-0.3, -0.25) is 4.79 Å². The molecule has 3 nitrogen and oxygen atoms in total. The molecule has 1 aromatic rings. The summed E-state index contributed by atoms with van der Waals surface area (Å²) in [5, 5.41) is 0. The van der Waals surface area contributed by atoms with Crippen LogP contribution in [0.5, 0.6) is 0 Å². The van der Waals surface area contributed by atoms with E-state index < -0.39 is 0 Å². The van der Waals surface area contributed by atoms with Gasteiger partial charge in [-0.25, -0.2) is 4.98 Å². The van der Waals surface area contributed by atoms with Crippen LogP contribution in [-0.4, -0.2) is 9.97 Å². The minimum atomic E-state index is 0.0202. The van der Waals surface area contributed by atoms with Crippen molar-refractivity contribution >= 4 is 0 Å². The first-order chi connectivity index (χ1) is 6.20. The van der Waals surface area contributed by atoms with Gasteiger partial charge in [-0.05, 0) is 25.7 Å². The van der Waals surface area contributed by atoms with Crippen LogP contribution >= 0.6 is 0 Å². The second-order valence-corrected chi connectivity index (χ2v) is 3.48. The Balaban J connectivity index is 2.51. The fourth-order valence-corrected chi connectivity index (χ4v) is 1.80. The first-order valence-corrected chi connectivity index (χ1v) is 4.42. The minimum Gasteiger partial charge on any atom is -0.311 e. The van der Waals surface area contributed by atoms with E-state index in [0.717, 1.165) is 24.1 Å². The molecule has 1 aliphatic carbocycles. The maximum Gasteiger partial charge on any atom is 0.254 e.